The summed E-state index contributed by atoms with van der Waals surface area (Å²) in [5.74, 6) is 0.390. The zero-order valence-electron chi connectivity index (χ0n) is 16.3. The second-order valence-corrected chi connectivity index (χ2v) is 6.85. The van der Waals surface area contributed by atoms with Crippen LogP contribution >= 0.6 is 0 Å². The lowest BCUT2D eigenvalue weighted by Gasteiger charge is -2.22. The molecule has 0 fully saturated rings. The van der Waals surface area contributed by atoms with Crippen molar-refractivity contribution in [3.63, 3.8) is 0 Å². The Kier molecular flexibility index (Phi) is 5.19. The largest absolute Gasteiger partial charge is 0.422 e. The van der Waals surface area contributed by atoms with Gasteiger partial charge in [0.05, 0.1) is 10.8 Å². The predicted molar refractivity (Wildman–Crippen MR) is 106 cm³/mol. The third-order valence-electron chi connectivity index (χ3n) is 4.95. The van der Waals surface area contributed by atoms with E-state index in [2.05, 4.69) is 0 Å². The number of nitrogens with zero attached hydrogens (tertiary/aromatic N) is 2. The number of hydrogen-bond donors (Lipinski definition) is 0. The lowest BCUT2D eigenvalue weighted by Crippen LogP contribution is -2.29. The fourth-order valence-corrected chi connectivity index (χ4v) is 2.91. The van der Waals surface area contributed by atoms with Crippen molar-refractivity contribution in [3.05, 3.63) is 52.4 Å². The van der Waals surface area contributed by atoms with Crippen LogP contribution in [0.2, 0.25) is 0 Å². The maximum atomic E-state index is 12.4. The standard InChI is InChI=1S/C21H24N2O4/c1-6-23(5)21(25)27-18-12-14(13(2)22(3)4)11-17-19(18)15-9-7-8-10-16(15)20(24)26-17/h7-13H,6H2,1-5H3/t13-/m1/s1. The molecule has 6 heteroatoms. The molecular formula is C21H24N2O4. The van der Waals surface area contributed by atoms with E-state index in [1.54, 1.807) is 19.2 Å². The SMILES string of the molecule is CCN(C)C(=O)Oc1cc([C@@H](C)N(C)C)cc2oc(=O)c3ccccc3c12. The highest BCUT2D eigenvalue weighted by molar-refractivity contribution is 6.08. The highest BCUT2D eigenvalue weighted by atomic mass is 16.6. The fourth-order valence-electron chi connectivity index (χ4n) is 2.91. The van der Waals surface area contributed by atoms with Gasteiger partial charge in [-0.1, -0.05) is 18.2 Å². The molecule has 0 saturated heterocycles. The Labute approximate surface area is 157 Å². The number of ether oxygens (including phenoxy) is 1. The van der Waals surface area contributed by atoms with Gasteiger partial charge in [0.2, 0.25) is 0 Å². The highest BCUT2D eigenvalue weighted by Crippen LogP contribution is 2.35. The average molecular weight is 368 g/mol. The predicted octanol–water partition coefficient (Wildman–Crippen LogP) is 4.02. The van der Waals surface area contributed by atoms with E-state index in [-0.39, 0.29) is 6.04 Å². The van der Waals surface area contributed by atoms with E-state index in [1.165, 1.54) is 4.90 Å². The van der Waals surface area contributed by atoms with Gasteiger partial charge in [0.15, 0.2) is 0 Å². The van der Waals surface area contributed by atoms with Crippen LogP contribution in [0.3, 0.4) is 0 Å². The zero-order chi connectivity index (χ0) is 19.7. The van der Waals surface area contributed by atoms with Crippen LogP contribution in [0.4, 0.5) is 4.79 Å². The summed E-state index contributed by atoms with van der Waals surface area (Å²) >= 11 is 0. The summed E-state index contributed by atoms with van der Waals surface area (Å²) in [7, 11) is 5.60. The minimum Gasteiger partial charge on any atom is -0.422 e. The molecule has 0 aliphatic heterocycles. The number of carbonyl (C=O) groups excluding carboxylic acids is 1. The van der Waals surface area contributed by atoms with E-state index < -0.39 is 11.7 Å². The first kappa shape index (κ1) is 18.9. The first-order valence-corrected chi connectivity index (χ1v) is 8.92. The van der Waals surface area contributed by atoms with Gasteiger partial charge in [0.25, 0.3) is 0 Å². The van der Waals surface area contributed by atoms with Gasteiger partial charge in [0.1, 0.15) is 11.3 Å². The normalized spacial score (nSPS) is 12.5. The van der Waals surface area contributed by atoms with Crippen molar-refractivity contribution in [2.75, 3.05) is 27.7 Å². The Balaban J connectivity index is 2.32. The van der Waals surface area contributed by atoms with Gasteiger partial charge >= 0.3 is 11.7 Å². The Morgan fingerprint density at radius 1 is 1.15 bits per heavy atom. The monoisotopic (exact) mass is 368 g/mol. The van der Waals surface area contributed by atoms with Gasteiger partial charge in [-0.2, -0.15) is 0 Å². The van der Waals surface area contributed by atoms with E-state index in [9.17, 15) is 9.59 Å². The summed E-state index contributed by atoms with van der Waals surface area (Å²) in [6.07, 6.45) is -0.455. The van der Waals surface area contributed by atoms with Gasteiger partial charge < -0.3 is 19.0 Å². The molecule has 3 aromatic rings. The van der Waals surface area contributed by atoms with E-state index in [0.717, 1.165) is 5.56 Å². The van der Waals surface area contributed by atoms with E-state index in [4.69, 9.17) is 9.15 Å². The molecule has 0 spiro atoms. The minimum absolute atomic E-state index is 0.0486. The average Bonchev–Trinajstić information content (AvgIpc) is 2.66. The molecule has 1 heterocycles. The number of amides is 1. The molecule has 142 valence electrons. The van der Waals surface area contributed by atoms with Crippen molar-refractivity contribution in [3.8, 4) is 5.75 Å². The first-order valence-electron chi connectivity index (χ1n) is 8.92. The van der Waals surface area contributed by atoms with Crippen LogP contribution in [-0.4, -0.2) is 43.6 Å². The van der Waals surface area contributed by atoms with Gasteiger partial charge in [-0.15, -0.1) is 0 Å². The Bertz CT molecular complexity index is 1060. The second kappa shape index (κ2) is 7.40. The van der Waals surface area contributed by atoms with Crippen LogP contribution in [-0.2, 0) is 0 Å². The maximum Gasteiger partial charge on any atom is 0.414 e. The van der Waals surface area contributed by atoms with Crippen molar-refractivity contribution in [1.29, 1.82) is 0 Å². The van der Waals surface area contributed by atoms with Crippen molar-refractivity contribution in [2.45, 2.75) is 19.9 Å². The summed E-state index contributed by atoms with van der Waals surface area (Å²) in [4.78, 5) is 28.3. The van der Waals surface area contributed by atoms with Crippen molar-refractivity contribution < 1.29 is 13.9 Å². The molecule has 1 atom stereocenters. The number of rotatable bonds is 4. The third-order valence-corrected chi connectivity index (χ3v) is 4.95. The molecule has 2 aromatic carbocycles. The molecule has 0 unspecified atom stereocenters. The number of hydrogen-bond acceptors (Lipinski definition) is 5. The van der Waals surface area contributed by atoms with Gasteiger partial charge in [0, 0.05) is 25.0 Å². The summed E-state index contributed by atoms with van der Waals surface area (Å²) in [6.45, 7) is 4.43. The summed E-state index contributed by atoms with van der Waals surface area (Å²) in [5.41, 5.74) is 0.899. The van der Waals surface area contributed by atoms with Gasteiger partial charge in [-0.05, 0) is 51.7 Å². The summed E-state index contributed by atoms with van der Waals surface area (Å²) < 4.78 is 11.3. The third kappa shape index (κ3) is 3.53. The number of carbonyl (C=O) groups is 1. The molecule has 0 bridgehead atoms. The molecular weight excluding hydrogens is 344 g/mol. The zero-order valence-corrected chi connectivity index (χ0v) is 16.3. The van der Waals surface area contributed by atoms with Gasteiger partial charge in [-0.25, -0.2) is 9.59 Å². The molecule has 6 nitrogen and oxygen atoms in total. The van der Waals surface area contributed by atoms with Crippen LogP contribution in [0, 0.1) is 0 Å². The van der Waals surface area contributed by atoms with Crippen LogP contribution in [0.25, 0.3) is 21.7 Å². The molecule has 3 rings (SSSR count). The molecule has 0 radical (unpaired) electrons. The van der Waals surface area contributed by atoms with Crippen LogP contribution in [0.5, 0.6) is 5.75 Å². The summed E-state index contributed by atoms with van der Waals surface area (Å²) in [6, 6.07) is 10.9. The number of fused-ring (bicyclic) bond motifs is 3. The number of benzene rings is 2. The molecule has 1 aromatic heterocycles. The van der Waals surface area contributed by atoms with Crippen molar-refractivity contribution in [1.82, 2.24) is 9.80 Å². The maximum absolute atomic E-state index is 12.4. The van der Waals surface area contributed by atoms with Crippen LogP contribution in [0.15, 0.2) is 45.6 Å². The molecule has 27 heavy (non-hydrogen) atoms. The molecule has 0 N–H and O–H groups in total. The van der Waals surface area contributed by atoms with Crippen molar-refractivity contribution >= 4 is 27.8 Å². The summed E-state index contributed by atoms with van der Waals surface area (Å²) in [5, 5.41) is 1.78. The van der Waals surface area contributed by atoms with Crippen LogP contribution < -0.4 is 10.4 Å². The van der Waals surface area contributed by atoms with Gasteiger partial charge in [-0.3, -0.25) is 0 Å². The molecule has 0 aliphatic rings. The fraction of sp³-hybridized carbons (Fsp3) is 0.333. The molecule has 1 amide bonds. The first-order chi connectivity index (χ1) is 12.8. The smallest absolute Gasteiger partial charge is 0.414 e. The molecule has 0 saturated carbocycles. The molecule has 0 aliphatic carbocycles. The van der Waals surface area contributed by atoms with E-state index in [1.807, 2.05) is 57.1 Å². The Hall–Kier alpha value is -2.86. The Morgan fingerprint density at radius 2 is 1.81 bits per heavy atom. The second-order valence-electron chi connectivity index (χ2n) is 6.85. The topological polar surface area (TPSA) is 63.0 Å². The minimum atomic E-state index is -0.455. The van der Waals surface area contributed by atoms with Crippen LogP contribution in [0.1, 0.15) is 25.5 Å². The van der Waals surface area contributed by atoms with Crippen molar-refractivity contribution in [2.24, 2.45) is 0 Å². The lowest BCUT2D eigenvalue weighted by atomic mass is 10.0. The Morgan fingerprint density at radius 3 is 2.44 bits per heavy atom. The lowest BCUT2D eigenvalue weighted by molar-refractivity contribution is 0.165. The van der Waals surface area contributed by atoms with E-state index >= 15 is 0 Å². The quantitative estimate of drug-likeness (QED) is 0.514. The van der Waals surface area contributed by atoms with E-state index in [0.29, 0.717) is 34.0 Å². The highest BCUT2D eigenvalue weighted by Gasteiger charge is 2.20.